The second-order valence-electron chi connectivity index (χ2n) is 6.81. The van der Waals surface area contributed by atoms with Gasteiger partial charge < -0.3 is 9.88 Å². The van der Waals surface area contributed by atoms with Crippen LogP contribution >= 0.6 is 11.8 Å². The molecule has 0 atom stereocenters. The topological polar surface area (TPSA) is 46.9 Å². The quantitative estimate of drug-likeness (QED) is 0.656. The van der Waals surface area contributed by atoms with Crippen molar-refractivity contribution in [2.75, 3.05) is 5.75 Å². The molecule has 0 radical (unpaired) electrons. The smallest absolute Gasteiger partial charge is 0.346 e. The Morgan fingerprint density at radius 2 is 1.83 bits per heavy atom. The van der Waals surface area contributed by atoms with Gasteiger partial charge in [-0.2, -0.15) is 13.2 Å². The normalized spacial score (nSPS) is 13.4. The Morgan fingerprint density at radius 3 is 2.48 bits per heavy atom. The molecule has 3 aromatic rings. The monoisotopic (exact) mass is 417 g/mol. The molecule has 4 rings (SSSR count). The summed E-state index contributed by atoms with van der Waals surface area (Å²) >= 11 is 1.67. The number of imidazole rings is 1. The molecule has 2 heterocycles. The number of aromatic nitrogens is 2. The zero-order valence-corrected chi connectivity index (χ0v) is 16.4. The highest BCUT2D eigenvalue weighted by atomic mass is 32.2. The molecule has 0 bridgehead atoms. The second-order valence-corrected chi connectivity index (χ2v) is 7.88. The summed E-state index contributed by atoms with van der Waals surface area (Å²) in [5.74, 6) is 0.505. The van der Waals surface area contributed by atoms with Crippen molar-refractivity contribution in [3.8, 4) is 11.3 Å². The number of nitrogens with zero attached hydrogens (tertiary/aromatic N) is 2. The van der Waals surface area contributed by atoms with Gasteiger partial charge >= 0.3 is 6.18 Å². The van der Waals surface area contributed by atoms with Gasteiger partial charge in [-0.15, -0.1) is 0 Å². The highest BCUT2D eigenvalue weighted by molar-refractivity contribution is 7.99. The summed E-state index contributed by atoms with van der Waals surface area (Å²) in [4.78, 5) is 17.2. The van der Waals surface area contributed by atoms with E-state index < -0.39 is 17.6 Å². The Morgan fingerprint density at radius 1 is 1.14 bits per heavy atom. The first-order valence-corrected chi connectivity index (χ1v) is 10.1. The Labute approximate surface area is 170 Å². The number of nitrogens with one attached hydrogen (secondary N) is 1. The van der Waals surface area contributed by atoms with Crippen LogP contribution in [-0.4, -0.2) is 21.2 Å². The third-order valence-corrected chi connectivity index (χ3v) is 5.76. The van der Waals surface area contributed by atoms with E-state index in [4.69, 9.17) is 4.98 Å². The van der Waals surface area contributed by atoms with Crippen molar-refractivity contribution in [1.29, 1.82) is 0 Å². The summed E-state index contributed by atoms with van der Waals surface area (Å²) in [7, 11) is 0. The van der Waals surface area contributed by atoms with Crippen LogP contribution in [0.15, 0.2) is 53.7 Å². The third-order valence-electron chi connectivity index (χ3n) is 4.80. The van der Waals surface area contributed by atoms with Gasteiger partial charge in [0, 0.05) is 23.4 Å². The number of halogens is 3. The Kier molecular flexibility index (Phi) is 5.12. The molecule has 1 aliphatic rings. The fraction of sp³-hybridized carbons (Fsp3) is 0.238. The number of benzene rings is 2. The molecule has 1 aliphatic heterocycles. The predicted molar refractivity (Wildman–Crippen MR) is 106 cm³/mol. The number of carbonyl (C=O) groups excluding carboxylic acids is 1. The van der Waals surface area contributed by atoms with Crippen LogP contribution in [0.25, 0.3) is 11.3 Å². The molecule has 0 spiro atoms. The second kappa shape index (κ2) is 7.59. The van der Waals surface area contributed by atoms with Crippen LogP contribution in [0, 0.1) is 6.92 Å². The van der Waals surface area contributed by atoms with E-state index in [-0.39, 0.29) is 12.1 Å². The van der Waals surface area contributed by atoms with E-state index in [1.165, 1.54) is 12.1 Å². The maximum atomic E-state index is 12.7. The Balaban J connectivity index is 1.55. The minimum Gasteiger partial charge on any atom is -0.346 e. The number of hydrogen-bond donors (Lipinski definition) is 1. The van der Waals surface area contributed by atoms with Gasteiger partial charge in [0.05, 0.1) is 23.5 Å². The molecule has 0 saturated carbocycles. The molecule has 8 heteroatoms. The van der Waals surface area contributed by atoms with Crippen molar-refractivity contribution in [1.82, 2.24) is 14.9 Å². The van der Waals surface area contributed by atoms with Crippen LogP contribution < -0.4 is 5.32 Å². The zero-order valence-electron chi connectivity index (χ0n) is 15.6. The largest absolute Gasteiger partial charge is 0.416 e. The molecule has 0 saturated heterocycles. The summed E-state index contributed by atoms with van der Waals surface area (Å²) in [6.45, 7) is 3.07. The molecule has 0 aliphatic carbocycles. The predicted octanol–water partition coefficient (Wildman–Crippen LogP) is 4.91. The molecule has 0 fully saturated rings. The van der Waals surface area contributed by atoms with Crippen molar-refractivity contribution < 1.29 is 18.0 Å². The Hall–Kier alpha value is -2.74. The first kappa shape index (κ1) is 19.6. The number of carbonyl (C=O) groups is 1. The summed E-state index contributed by atoms with van der Waals surface area (Å²) in [6, 6.07) is 12.2. The third kappa shape index (κ3) is 4.03. The molecule has 1 amide bonds. The molecule has 0 unspecified atom stereocenters. The number of alkyl halides is 3. The summed E-state index contributed by atoms with van der Waals surface area (Å²) in [5.41, 5.74) is 3.24. The van der Waals surface area contributed by atoms with Crippen molar-refractivity contribution in [2.45, 2.75) is 31.3 Å². The van der Waals surface area contributed by atoms with E-state index in [2.05, 4.69) is 9.88 Å². The van der Waals surface area contributed by atoms with Crippen LogP contribution in [0.5, 0.6) is 0 Å². The van der Waals surface area contributed by atoms with E-state index in [1.807, 2.05) is 31.2 Å². The number of aryl methyl sites for hydroxylation is 1. The van der Waals surface area contributed by atoms with Crippen LogP contribution in [0.3, 0.4) is 0 Å². The number of rotatable bonds is 4. The van der Waals surface area contributed by atoms with Crippen LogP contribution in [0.1, 0.15) is 27.2 Å². The molecule has 2 aromatic carbocycles. The van der Waals surface area contributed by atoms with Gasteiger partial charge in [0.2, 0.25) is 0 Å². The highest BCUT2D eigenvalue weighted by Crippen LogP contribution is 2.33. The fourth-order valence-corrected chi connectivity index (χ4v) is 4.20. The van der Waals surface area contributed by atoms with E-state index in [1.54, 1.807) is 11.8 Å². The highest BCUT2D eigenvalue weighted by Gasteiger charge is 2.30. The molecular weight excluding hydrogens is 399 g/mol. The standard InChI is InChI=1S/C21H18F3N3OS/c1-13-2-4-14(5-3-13)18-17(27-10-11-29-20(27)26-18)12-25-19(28)15-6-8-16(9-7-15)21(22,23)24/h2-9H,10-12H2,1H3,(H,25,28). The number of thioether (sulfide) groups is 1. The van der Waals surface area contributed by atoms with Gasteiger partial charge in [-0.05, 0) is 31.2 Å². The summed E-state index contributed by atoms with van der Waals surface area (Å²) < 4.78 is 40.2. The van der Waals surface area contributed by atoms with E-state index in [0.717, 1.165) is 52.1 Å². The minimum atomic E-state index is -4.42. The van der Waals surface area contributed by atoms with Gasteiger partial charge in [0.25, 0.3) is 5.91 Å². The van der Waals surface area contributed by atoms with Gasteiger partial charge in [-0.1, -0.05) is 41.6 Å². The number of hydrogen-bond acceptors (Lipinski definition) is 3. The van der Waals surface area contributed by atoms with E-state index in [0.29, 0.717) is 0 Å². The van der Waals surface area contributed by atoms with Gasteiger partial charge in [0.15, 0.2) is 5.16 Å². The van der Waals surface area contributed by atoms with Crippen LogP contribution in [0.2, 0.25) is 0 Å². The maximum Gasteiger partial charge on any atom is 0.416 e. The van der Waals surface area contributed by atoms with Crippen molar-refractivity contribution >= 4 is 17.7 Å². The SMILES string of the molecule is Cc1ccc(-c2nc3n(c2CNC(=O)c2ccc(C(F)(F)F)cc2)CCS3)cc1. The van der Waals surface area contributed by atoms with Crippen molar-refractivity contribution in [2.24, 2.45) is 0 Å². The van der Waals surface area contributed by atoms with Gasteiger partial charge in [0.1, 0.15) is 0 Å². The first-order valence-electron chi connectivity index (χ1n) is 9.07. The summed E-state index contributed by atoms with van der Waals surface area (Å²) in [5, 5.41) is 3.74. The van der Waals surface area contributed by atoms with Crippen LogP contribution in [-0.2, 0) is 19.3 Å². The van der Waals surface area contributed by atoms with Gasteiger partial charge in [-0.3, -0.25) is 4.79 Å². The fourth-order valence-electron chi connectivity index (χ4n) is 3.23. The lowest BCUT2D eigenvalue weighted by Crippen LogP contribution is -2.24. The van der Waals surface area contributed by atoms with Gasteiger partial charge in [-0.25, -0.2) is 4.98 Å². The van der Waals surface area contributed by atoms with E-state index in [9.17, 15) is 18.0 Å². The molecule has 29 heavy (non-hydrogen) atoms. The minimum absolute atomic E-state index is 0.186. The number of amides is 1. The summed E-state index contributed by atoms with van der Waals surface area (Å²) in [6.07, 6.45) is -4.42. The van der Waals surface area contributed by atoms with Crippen molar-refractivity contribution in [3.63, 3.8) is 0 Å². The molecule has 4 nitrogen and oxygen atoms in total. The van der Waals surface area contributed by atoms with E-state index >= 15 is 0 Å². The lowest BCUT2D eigenvalue weighted by Gasteiger charge is -2.11. The van der Waals surface area contributed by atoms with Crippen molar-refractivity contribution in [3.05, 3.63) is 70.9 Å². The average Bonchev–Trinajstić information content (AvgIpc) is 3.28. The Bertz CT molecular complexity index is 1040. The zero-order chi connectivity index (χ0) is 20.6. The van der Waals surface area contributed by atoms with Crippen LogP contribution in [0.4, 0.5) is 13.2 Å². The molecule has 1 N–H and O–H groups in total. The molecule has 150 valence electrons. The maximum absolute atomic E-state index is 12.7. The number of fused-ring (bicyclic) bond motifs is 1. The molecule has 1 aromatic heterocycles. The average molecular weight is 417 g/mol. The first-order chi connectivity index (χ1) is 13.8. The lowest BCUT2D eigenvalue weighted by molar-refractivity contribution is -0.137. The lowest BCUT2D eigenvalue weighted by atomic mass is 10.1. The molecular formula is C21H18F3N3OS.